The number of hydrogen-bond acceptors (Lipinski definition) is 7. The van der Waals surface area contributed by atoms with Crippen molar-refractivity contribution in [1.29, 1.82) is 0 Å². The molecule has 0 fully saturated rings. The van der Waals surface area contributed by atoms with Gasteiger partial charge in [-0.05, 0) is 11.1 Å². The lowest BCUT2D eigenvalue weighted by molar-refractivity contribution is -0.122. The number of carbonyl (C=O) groups excluding carboxylic acids is 1. The molecule has 2 aliphatic heterocycles. The molecule has 0 unspecified atom stereocenters. The molecule has 0 saturated carbocycles. The van der Waals surface area contributed by atoms with Crippen molar-refractivity contribution in [3.05, 3.63) is 94.8 Å². The van der Waals surface area contributed by atoms with E-state index in [1.165, 1.54) is 10.8 Å². The molecular formula is C25H28N2O5S2. The van der Waals surface area contributed by atoms with Crippen LogP contribution >= 0.6 is 0 Å². The fourth-order valence-corrected chi connectivity index (χ4v) is 6.95. The fourth-order valence-electron chi connectivity index (χ4n) is 4.29. The first-order chi connectivity index (χ1) is 16.2. The van der Waals surface area contributed by atoms with Crippen LogP contribution in [0.4, 0.5) is 0 Å². The first-order valence-electron chi connectivity index (χ1n) is 11.1. The molecule has 2 aliphatic rings. The number of rotatable bonds is 10. The zero-order chi connectivity index (χ0) is 24.2. The van der Waals surface area contributed by atoms with Gasteiger partial charge in [0.05, 0.1) is 24.6 Å². The molecule has 0 N–H and O–H groups in total. The predicted octanol–water partition coefficient (Wildman–Crippen LogP) is 2.18. The van der Waals surface area contributed by atoms with Crippen molar-refractivity contribution in [2.24, 2.45) is 0 Å². The van der Waals surface area contributed by atoms with Gasteiger partial charge in [0.15, 0.2) is 25.5 Å². The number of benzene rings is 2. The van der Waals surface area contributed by atoms with Gasteiger partial charge >= 0.3 is 0 Å². The smallest absolute Gasteiger partial charge is 0.173 e. The molecule has 0 bridgehead atoms. The third kappa shape index (κ3) is 6.73. The summed E-state index contributed by atoms with van der Waals surface area (Å²) in [5, 5.41) is 2.44. The SMILES string of the molecule is O=C(CN(Cc1ccccc1)[C@H]1C=CS(=O)(=O)C1)CN(Cc1ccccc1)[C@H]1C=CS(=O)(=O)C1. The normalized spacial score (nSPS) is 22.5. The lowest BCUT2D eigenvalue weighted by Gasteiger charge is -2.30. The number of nitrogens with zero attached hydrogens (tertiary/aromatic N) is 2. The monoisotopic (exact) mass is 500 g/mol. The molecule has 180 valence electrons. The van der Waals surface area contributed by atoms with Crippen LogP contribution in [0.3, 0.4) is 0 Å². The number of ketones is 1. The molecule has 0 saturated heterocycles. The molecule has 0 amide bonds. The van der Waals surface area contributed by atoms with Crippen molar-refractivity contribution in [3.63, 3.8) is 0 Å². The lowest BCUT2D eigenvalue weighted by atomic mass is 10.1. The minimum atomic E-state index is -3.28. The maximum absolute atomic E-state index is 13.3. The summed E-state index contributed by atoms with van der Waals surface area (Å²) in [4.78, 5) is 17.0. The van der Waals surface area contributed by atoms with E-state index in [0.29, 0.717) is 13.1 Å². The van der Waals surface area contributed by atoms with E-state index in [4.69, 9.17) is 0 Å². The van der Waals surface area contributed by atoms with Gasteiger partial charge in [-0.1, -0.05) is 72.8 Å². The van der Waals surface area contributed by atoms with Gasteiger partial charge in [-0.15, -0.1) is 0 Å². The Bertz CT molecular complexity index is 1170. The van der Waals surface area contributed by atoms with Gasteiger partial charge in [0, 0.05) is 36.0 Å². The Morgan fingerprint density at radius 2 is 1.06 bits per heavy atom. The second kappa shape index (κ2) is 10.4. The van der Waals surface area contributed by atoms with Gasteiger partial charge in [-0.3, -0.25) is 14.6 Å². The van der Waals surface area contributed by atoms with E-state index in [2.05, 4.69) is 0 Å². The van der Waals surface area contributed by atoms with E-state index in [-0.39, 0.29) is 42.5 Å². The second-order valence-electron chi connectivity index (χ2n) is 8.77. The Hall–Kier alpha value is -2.59. The van der Waals surface area contributed by atoms with Crippen LogP contribution in [0.15, 0.2) is 83.6 Å². The molecule has 2 aromatic rings. The summed E-state index contributed by atoms with van der Waals surface area (Å²) in [6.45, 7) is 1.00. The number of sulfone groups is 2. The summed E-state index contributed by atoms with van der Waals surface area (Å²) in [6.07, 6.45) is 3.28. The molecule has 2 heterocycles. The lowest BCUT2D eigenvalue weighted by Crippen LogP contribution is -2.45. The van der Waals surface area contributed by atoms with Crippen molar-refractivity contribution < 1.29 is 21.6 Å². The van der Waals surface area contributed by atoms with Crippen LogP contribution in [0.5, 0.6) is 0 Å². The summed E-state index contributed by atoms with van der Waals surface area (Å²) in [5.41, 5.74) is 1.97. The van der Waals surface area contributed by atoms with Gasteiger partial charge in [0.1, 0.15) is 0 Å². The highest BCUT2D eigenvalue weighted by molar-refractivity contribution is 7.94. The number of hydrogen-bond donors (Lipinski definition) is 0. The zero-order valence-corrected chi connectivity index (χ0v) is 20.4. The van der Waals surface area contributed by atoms with E-state index in [1.807, 2.05) is 70.5 Å². The van der Waals surface area contributed by atoms with Crippen LogP contribution < -0.4 is 0 Å². The van der Waals surface area contributed by atoms with Gasteiger partial charge in [-0.2, -0.15) is 0 Å². The zero-order valence-electron chi connectivity index (χ0n) is 18.7. The standard InChI is InChI=1S/C25H28N2O5S2/c28-25(17-26(15-21-7-3-1-4-8-21)23-11-13-33(29,30)19-23)18-27(16-22-9-5-2-6-10-22)24-12-14-34(31,32)20-24/h1-14,23-24H,15-20H2/t23-,24-/m0/s1. The predicted molar refractivity (Wildman–Crippen MR) is 132 cm³/mol. The number of Topliss-reactive ketones (excluding diaryl/α,β-unsaturated/α-hetero) is 1. The molecule has 0 aliphatic carbocycles. The van der Waals surface area contributed by atoms with Gasteiger partial charge < -0.3 is 0 Å². The minimum Gasteiger partial charge on any atom is -0.297 e. The van der Waals surface area contributed by atoms with Crippen LogP contribution in [0.2, 0.25) is 0 Å². The molecule has 9 heteroatoms. The summed E-state index contributed by atoms with van der Waals surface area (Å²) in [5.74, 6) is -0.197. The van der Waals surface area contributed by atoms with Gasteiger partial charge in [0.2, 0.25) is 0 Å². The molecule has 2 aromatic carbocycles. The van der Waals surface area contributed by atoms with Crippen molar-refractivity contribution in [2.45, 2.75) is 25.2 Å². The highest BCUT2D eigenvalue weighted by atomic mass is 32.2. The topological polar surface area (TPSA) is 91.8 Å². The average Bonchev–Trinajstić information content (AvgIpc) is 3.35. The molecular weight excluding hydrogens is 472 g/mol. The molecule has 0 radical (unpaired) electrons. The first kappa shape index (κ1) is 24.5. The van der Waals surface area contributed by atoms with Crippen LogP contribution in [-0.2, 0) is 37.6 Å². The van der Waals surface area contributed by atoms with Crippen LogP contribution in [0, 0.1) is 0 Å². The Labute approximate surface area is 201 Å². The van der Waals surface area contributed by atoms with Crippen LogP contribution in [-0.4, -0.2) is 69.1 Å². The molecule has 0 aromatic heterocycles. The molecule has 34 heavy (non-hydrogen) atoms. The Morgan fingerprint density at radius 1 is 0.676 bits per heavy atom. The van der Waals surface area contributed by atoms with E-state index in [0.717, 1.165) is 11.1 Å². The fraction of sp³-hybridized carbons (Fsp3) is 0.320. The van der Waals surface area contributed by atoms with E-state index in [9.17, 15) is 21.6 Å². The number of carbonyl (C=O) groups is 1. The van der Waals surface area contributed by atoms with E-state index in [1.54, 1.807) is 12.2 Å². The summed E-state index contributed by atoms with van der Waals surface area (Å²) >= 11 is 0. The summed E-state index contributed by atoms with van der Waals surface area (Å²) in [6, 6.07) is 18.5. The first-order valence-corrected chi connectivity index (χ1v) is 14.5. The van der Waals surface area contributed by atoms with Gasteiger partial charge in [0.25, 0.3) is 0 Å². The molecule has 0 spiro atoms. The highest BCUT2D eigenvalue weighted by Crippen LogP contribution is 2.20. The van der Waals surface area contributed by atoms with E-state index < -0.39 is 19.7 Å². The average molecular weight is 501 g/mol. The van der Waals surface area contributed by atoms with Crippen LogP contribution in [0.1, 0.15) is 11.1 Å². The third-order valence-corrected chi connectivity index (χ3v) is 8.73. The quantitative estimate of drug-likeness (QED) is 0.494. The maximum atomic E-state index is 13.3. The van der Waals surface area contributed by atoms with Crippen molar-refractivity contribution in [2.75, 3.05) is 24.6 Å². The Kier molecular flexibility index (Phi) is 7.47. The molecule has 7 nitrogen and oxygen atoms in total. The highest BCUT2D eigenvalue weighted by Gasteiger charge is 2.31. The van der Waals surface area contributed by atoms with Crippen molar-refractivity contribution in [1.82, 2.24) is 9.80 Å². The van der Waals surface area contributed by atoms with Crippen molar-refractivity contribution >= 4 is 25.5 Å². The van der Waals surface area contributed by atoms with E-state index >= 15 is 0 Å². The summed E-state index contributed by atoms with van der Waals surface area (Å²) < 4.78 is 48.1. The van der Waals surface area contributed by atoms with Crippen molar-refractivity contribution in [3.8, 4) is 0 Å². The largest absolute Gasteiger partial charge is 0.297 e. The Morgan fingerprint density at radius 3 is 1.38 bits per heavy atom. The maximum Gasteiger partial charge on any atom is 0.173 e. The summed E-state index contributed by atoms with van der Waals surface area (Å²) in [7, 11) is -6.56. The van der Waals surface area contributed by atoms with Crippen LogP contribution in [0.25, 0.3) is 0 Å². The van der Waals surface area contributed by atoms with Gasteiger partial charge in [-0.25, -0.2) is 16.8 Å². The second-order valence-corrected chi connectivity index (χ2v) is 12.6. The molecule has 2 atom stereocenters. The third-order valence-electron chi connectivity index (χ3n) is 5.98. The Balaban J connectivity index is 1.50. The minimum absolute atomic E-state index is 0.0511. The molecule has 4 rings (SSSR count).